The minimum atomic E-state index is -0.119. The fraction of sp³-hybridized carbons (Fsp3) is 0.818. The first kappa shape index (κ1) is 11.8. The summed E-state index contributed by atoms with van der Waals surface area (Å²) in [7, 11) is 0. The van der Waals surface area contributed by atoms with Crippen LogP contribution in [0.3, 0.4) is 0 Å². The molecule has 16 heavy (non-hydrogen) atoms. The number of nitrogens with zero attached hydrogens (tertiary/aromatic N) is 2. The van der Waals surface area contributed by atoms with Crippen molar-refractivity contribution in [2.75, 3.05) is 25.4 Å². The van der Waals surface area contributed by atoms with Crippen molar-refractivity contribution in [1.82, 2.24) is 9.80 Å². The molecule has 2 saturated heterocycles. The maximum absolute atomic E-state index is 11.9. The second kappa shape index (κ2) is 4.28. The van der Waals surface area contributed by atoms with E-state index in [2.05, 4.69) is 0 Å². The highest BCUT2D eigenvalue weighted by atomic mass is 32.2. The second-order valence-corrected chi connectivity index (χ2v) is 6.21. The molecule has 5 heteroatoms. The standard InChI is InChI=1S/C11H18N2O2S/c1-9(2)10(15)12-4-3-11(7-12)13(8-14)5-6-16-11/h8-9H,3-7H2,1-2H3. The Hall–Kier alpha value is -0.710. The number of hydrogen-bond donors (Lipinski definition) is 0. The van der Waals surface area contributed by atoms with E-state index in [0.717, 1.165) is 31.7 Å². The zero-order valence-electron chi connectivity index (χ0n) is 9.81. The summed E-state index contributed by atoms with van der Waals surface area (Å²) < 4.78 is 0. The Morgan fingerprint density at radius 3 is 2.81 bits per heavy atom. The molecule has 90 valence electrons. The summed E-state index contributed by atoms with van der Waals surface area (Å²) in [6.45, 7) is 6.15. The van der Waals surface area contributed by atoms with Gasteiger partial charge in [0.2, 0.25) is 12.3 Å². The van der Waals surface area contributed by atoms with Crippen molar-refractivity contribution in [3.05, 3.63) is 0 Å². The first-order valence-electron chi connectivity index (χ1n) is 5.74. The number of carbonyl (C=O) groups excluding carboxylic acids is 2. The highest BCUT2D eigenvalue weighted by molar-refractivity contribution is 8.00. The van der Waals surface area contributed by atoms with Crippen LogP contribution in [0.2, 0.25) is 0 Å². The van der Waals surface area contributed by atoms with Crippen LogP contribution in [0.4, 0.5) is 0 Å². The van der Waals surface area contributed by atoms with Gasteiger partial charge < -0.3 is 9.80 Å². The van der Waals surface area contributed by atoms with E-state index < -0.39 is 0 Å². The summed E-state index contributed by atoms with van der Waals surface area (Å²) in [5, 5.41) is 0. The fourth-order valence-electron chi connectivity index (χ4n) is 2.44. The van der Waals surface area contributed by atoms with E-state index in [4.69, 9.17) is 0 Å². The average molecular weight is 242 g/mol. The van der Waals surface area contributed by atoms with E-state index in [0.29, 0.717) is 6.54 Å². The van der Waals surface area contributed by atoms with E-state index in [9.17, 15) is 9.59 Å². The quantitative estimate of drug-likeness (QED) is 0.672. The number of carbonyl (C=O) groups is 2. The molecule has 0 N–H and O–H groups in total. The Kier molecular flexibility index (Phi) is 3.15. The number of rotatable bonds is 2. The van der Waals surface area contributed by atoms with Crippen molar-refractivity contribution >= 4 is 24.1 Å². The maximum atomic E-state index is 11.9. The fourth-order valence-corrected chi connectivity index (χ4v) is 3.89. The molecular weight excluding hydrogens is 224 g/mol. The lowest BCUT2D eigenvalue weighted by molar-refractivity contribution is -0.134. The van der Waals surface area contributed by atoms with Crippen LogP contribution in [0.5, 0.6) is 0 Å². The third-order valence-electron chi connectivity index (χ3n) is 3.37. The van der Waals surface area contributed by atoms with Crippen LogP contribution in [0.25, 0.3) is 0 Å². The summed E-state index contributed by atoms with van der Waals surface area (Å²) in [4.78, 5) is 26.5. The van der Waals surface area contributed by atoms with Crippen LogP contribution >= 0.6 is 11.8 Å². The Balaban J connectivity index is 2.07. The van der Waals surface area contributed by atoms with Gasteiger partial charge in [-0.1, -0.05) is 13.8 Å². The van der Waals surface area contributed by atoms with Crippen LogP contribution in [0.1, 0.15) is 20.3 Å². The molecule has 1 spiro atoms. The van der Waals surface area contributed by atoms with Crippen LogP contribution in [0, 0.1) is 5.92 Å². The van der Waals surface area contributed by atoms with Crippen molar-refractivity contribution in [2.24, 2.45) is 5.92 Å². The predicted octanol–water partition coefficient (Wildman–Crippen LogP) is 0.776. The topological polar surface area (TPSA) is 40.6 Å². The van der Waals surface area contributed by atoms with Gasteiger partial charge in [-0.05, 0) is 6.42 Å². The van der Waals surface area contributed by atoms with E-state index in [1.54, 1.807) is 0 Å². The van der Waals surface area contributed by atoms with E-state index in [1.165, 1.54) is 0 Å². The minimum absolute atomic E-state index is 0.0474. The third kappa shape index (κ3) is 1.81. The molecule has 1 atom stereocenters. The molecular formula is C11H18N2O2S. The molecule has 2 rings (SSSR count). The molecule has 0 radical (unpaired) electrons. The summed E-state index contributed by atoms with van der Waals surface area (Å²) in [6.07, 6.45) is 1.85. The molecule has 0 aromatic carbocycles. The van der Waals surface area contributed by atoms with Gasteiger partial charge in [-0.3, -0.25) is 9.59 Å². The lowest BCUT2D eigenvalue weighted by atomic mass is 10.2. The molecule has 4 nitrogen and oxygen atoms in total. The monoisotopic (exact) mass is 242 g/mol. The van der Waals surface area contributed by atoms with E-state index >= 15 is 0 Å². The normalized spacial score (nSPS) is 29.4. The molecule has 0 aliphatic carbocycles. The number of thioether (sulfide) groups is 1. The van der Waals surface area contributed by atoms with Gasteiger partial charge in [-0.2, -0.15) is 0 Å². The van der Waals surface area contributed by atoms with Gasteiger partial charge in [-0.25, -0.2) is 0 Å². The largest absolute Gasteiger partial charge is 0.339 e. The SMILES string of the molecule is CC(C)C(=O)N1CCC2(C1)SCCN2C=O. The highest BCUT2D eigenvalue weighted by Crippen LogP contribution is 2.42. The Bertz CT molecular complexity index is 308. The summed E-state index contributed by atoms with van der Waals surface area (Å²) >= 11 is 1.82. The Labute approximate surface area is 100 Å². The van der Waals surface area contributed by atoms with Crippen molar-refractivity contribution in [3.63, 3.8) is 0 Å². The first-order chi connectivity index (χ1) is 7.59. The number of likely N-dealkylation sites (tertiary alicyclic amines) is 1. The van der Waals surface area contributed by atoms with Crippen LogP contribution < -0.4 is 0 Å². The van der Waals surface area contributed by atoms with Crippen molar-refractivity contribution < 1.29 is 9.59 Å². The van der Waals surface area contributed by atoms with Crippen LogP contribution in [-0.4, -0.2) is 52.4 Å². The van der Waals surface area contributed by atoms with E-state index in [-0.39, 0.29) is 16.7 Å². The lowest BCUT2D eigenvalue weighted by Gasteiger charge is -2.31. The van der Waals surface area contributed by atoms with Gasteiger partial charge >= 0.3 is 0 Å². The summed E-state index contributed by atoms with van der Waals surface area (Å²) in [5.74, 6) is 1.24. The van der Waals surface area contributed by atoms with Gasteiger partial charge in [-0.15, -0.1) is 11.8 Å². The van der Waals surface area contributed by atoms with Gasteiger partial charge in [0.25, 0.3) is 0 Å². The molecule has 1 unspecified atom stereocenters. The van der Waals surface area contributed by atoms with Crippen LogP contribution in [-0.2, 0) is 9.59 Å². The van der Waals surface area contributed by atoms with Crippen LogP contribution in [0.15, 0.2) is 0 Å². The zero-order chi connectivity index (χ0) is 11.8. The molecule has 0 aromatic rings. The molecule has 2 amide bonds. The number of hydrogen-bond acceptors (Lipinski definition) is 3. The predicted molar refractivity (Wildman–Crippen MR) is 64.0 cm³/mol. The average Bonchev–Trinajstić information content (AvgIpc) is 2.85. The van der Waals surface area contributed by atoms with E-state index in [1.807, 2.05) is 35.4 Å². The first-order valence-corrected chi connectivity index (χ1v) is 6.72. The summed E-state index contributed by atoms with van der Waals surface area (Å²) in [6, 6.07) is 0. The Morgan fingerprint density at radius 2 is 2.19 bits per heavy atom. The summed E-state index contributed by atoms with van der Waals surface area (Å²) in [5.41, 5.74) is 0. The van der Waals surface area contributed by atoms with Crippen molar-refractivity contribution in [2.45, 2.75) is 25.1 Å². The number of amides is 2. The molecule has 0 bridgehead atoms. The van der Waals surface area contributed by atoms with Gasteiger partial charge in [0.15, 0.2) is 0 Å². The molecule has 0 aromatic heterocycles. The van der Waals surface area contributed by atoms with Gasteiger partial charge in [0.1, 0.15) is 4.87 Å². The molecule has 2 aliphatic heterocycles. The maximum Gasteiger partial charge on any atom is 0.225 e. The second-order valence-electron chi connectivity index (χ2n) is 4.76. The van der Waals surface area contributed by atoms with Gasteiger partial charge in [0.05, 0.1) is 6.54 Å². The third-order valence-corrected chi connectivity index (χ3v) is 4.86. The zero-order valence-corrected chi connectivity index (χ0v) is 10.6. The minimum Gasteiger partial charge on any atom is -0.339 e. The smallest absolute Gasteiger partial charge is 0.225 e. The molecule has 0 saturated carbocycles. The van der Waals surface area contributed by atoms with Crippen molar-refractivity contribution in [1.29, 1.82) is 0 Å². The Morgan fingerprint density at radius 1 is 1.44 bits per heavy atom. The van der Waals surface area contributed by atoms with Gasteiger partial charge in [0, 0.05) is 24.8 Å². The molecule has 2 fully saturated rings. The molecule has 2 aliphatic rings. The molecule has 2 heterocycles. The van der Waals surface area contributed by atoms with Crippen molar-refractivity contribution in [3.8, 4) is 0 Å². The highest BCUT2D eigenvalue weighted by Gasteiger charge is 2.47. The lowest BCUT2D eigenvalue weighted by Crippen LogP contribution is -2.44.